The highest BCUT2D eigenvalue weighted by Gasteiger charge is 2.31. The van der Waals surface area contributed by atoms with Crippen LogP contribution >= 0.6 is 11.3 Å². The van der Waals surface area contributed by atoms with Crippen LogP contribution in [0.4, 0.5) is 0 Å². The van der Waals surface area contributed by atoms with Gasteiger partial charge >= 0.3 is 0 Å². The second-order valence-electron chi connectivity index (χ2n) is 7.66. The number of hydrogen-bond donors (Lipinski definition) is 0. The Morgan fingerprint density at radius 2 is 1.75 bits per heavy atom. The van der Waals surface area contributed by atoms with E-state index in [1.54, 1.807) is 38.0 Å². The summed E-state index contributed by atoms with van der Waals surface area (Å²) in [6.07, 6.45) is 4.44. The van der Waals surface area contributed by atoms with Gasteiger partial charge in [-0.2, -0.15) is 0 Å². The Bertz CT molecular complexity index is 1200. The largest absolute Gasteiger partial charge is 0.493 e. The number of rotatable bonds is 6. The van der Waals surface area contributed by atoms with Crippen molar-refractivity contribution >= 4 is 11.3 Å². The summed E-state index contributed by atoms with van der Waals surface area (Å²) in [5.41, 5.74) is 4.83. The van der Waals surface area contributed by atoms with Crippen LogP contribution in [0.25, 0.3) is 10.8 Å². The molecule has 2 aromatic heterocycles. The number of ether oxygens (including phenoxy) is 2. The monoisotopic (exact) mass is 444 g/mol. The highest BCUT2D eigenvalue weighted by molar-refractivity contribution is 7.13. The molecule has 0 aliphatic carbocycles. The van der Waals surface area contributed by atoms with Crippen LogP contribution < -0.4 is 9.47 Å². The minimum absolute atomic E-state index is 0.109. The number of methoxy groups -OCH3 is 2. The van der Waals surface area contributed by atoms with Gasteiger partial charge in [0.15, 0.2) is 22.3 Å². The highest BCUT2D eigenvalue weighted by Crippen LogP contribution is 2.41. The summed E-state index contributed by atoms with van der Waals surface area (Å²) >= 11 is 1.59. The van der Waals surface area contributed by atoms with Gasteiger partial charge in [0.25, 0.3) is 0 Å². The molecule has 5 rings (SSSR count). The van der Waals surface area contributed by atoms with E-state index in [9.17, 15) is 0 Å². The minimum Gasteiger partial charge on any atom is -0.493 e. The summed E-state index contributed by atoms with van der Waals surface area (Å²) in [4.78, 5) is 16.0. The fourth-order valence-corrected chi connectivity index (χ4v) is 5.05. The van der Waals surface area contributed by atoms with Gasteiger partial charge in [0.1, 0.15) is 0 Å². The summed E-state index contributed by atoms with van der Waals surface area (Å²) in [5, 5.41) is 2.96. The number of benzene rings is 2. The molecule has 162 valence electrons. The zero-order chi connectivity index (χ0) is 21.9. The third-order valence-electron chi connectivity index (χ3n) is 5.76. The van der Waals surface area contributed by atoms with Crippen LogP contribution in [-0.4, -0.2) is 40.6 Å². The van der Waals surface area contributed by atoms with Crippen molar-refractivity contribution < 1.29 is 9.47 Å². The van der Waals surface area contributed by atoms with Gasteiger partial charge in [-0.15, -0.1) is 11.3 Å². The highest BCUT2D eigenvalue weighted by atomic mass is 32.1. The number of hydrogen-bond acceptors (Lipinski definition) is 7. The molecule has 1 unspecified atom stereocenters. The van der Waals surface area contributed by atoms with Crippen LogP contribution in [-0.2, 0) is 13.0 Å². The smallest absolute Gasteiger partial charge is 0.188 e. The first-order valence-electron chi connectivity index (χ1n) is 10.5. The molecule has 32 heavy (non-hydrogen) atoms. The molecule has 7 heteroatoms. The second kappa shape index (κ2) is 9.06. The molecule has 0 amide bonds. The Morgan fingerprint density at radius 1 is 1.00 bits per heavy atom. The molecule has 0 radical (unpaired) electrons. The molecule has 0 fully saturated rings. The van der Waals surface area contributed by atoms with E-state index in [-0.39, 0.29) is 6.04 Å². The summed E-state index contributed by atoms with van der Waals surface area (Å²) in [5.74, 6) is 2.20. The van der Waals surface area contributed by atoms with Crippen molar-refractivity contribution in [1.29, 1.82) is 0 Å². The van der Waals surface area contributed by atoms with Crippen molar-refractivity contribution in [3.05, 3.63) is 88.7 Å². The lowest BCUT2D eigenvalue weighted by Crippen LogP contribution is -2.35. The van der Waals surface area contributed by atoms with Crippen LogP contribution in [0.2, 0.25) is 0 Å². The van der Waals surface area contributed by atoms with E-state index in [0.29, 0.717) is 5.82 Å². The van der Waals surface area contributed by atoms with E-state index in [1.165, 1.54) is 16.7 Å². The van der Waals surface area contributed by atoms with Crippen molar-refractivity contribution in [2.45, 2.75) is 19.0 Å². The first-order chi connectivity index (χ1) is 15.8. The molecule has 1 atom stereocenters. The third-order valence-corrected chi connectivity index (χ3v) is 6.65. The van der Waals surface area contributed by atoms with E-state index in [4.69, 9.17) is 14.5 Å². The SMILES string of the molecule is COc1cc2c(cc1OC)C(c1ccccc1)N(Cc1csc(-c3ncccn3)n1)CC2. The van der Waals surface area contributed by atoms with Crippen molar-refractivity contribution in [3.63, 3.8) is 0 Å². The molecule has 3 heterocycles. The average Bonchev–Trinajstić information content (AvgIpc) is 3.32. The zero-order valence-electron chi connectivity index (χ0n) is 18.1. The van der Waals surface area contributed by atoms with Crippen LogP contribution in [0.1, 0.15) is 28.4 Å². The van der Waals surface area contributed by atoms with Gasteiger partial charge in [-0.1, -0.05) is 30.3 Å². The van der Waals surface area contributed by atoms with Crippen molar-refractivity contribution in [1.82, 2.24) is 19.9 Å². The fraction of sp³-hybridized carbons (Fsp3) is 0.240. The quantitative estimate of drug-likeness (QED) is 0.427. The maximum atomic E-state index is 5.62. The van der Waals surface area contributed by atoms with Gasteiger partial charge in [0.2, 0.25) is 0 Å². The minimum atomic E-state index is 0.109. The standard InChI is InChI=1S/C25H24N4O2S/c1-30-21-13-18-9-12-29(15-19-16-32-25(28-19)24-26-10-6-11-27-24)23(17-7-4-3-5-8-17)20(18)14-22(21)31-2/h3-8,10-11,13-14,16,23H,9,12,15H2,1-2H3. The molecule has 0 bridgehead atoms. The van der Waals surface area contributed by atoms with Crippen molar-refractivity contribution in [3.8, 4) is 22.3 Å². The predicted octanol–water partition coefficient (Wildman–Crippen LogP) is 4.77. The van der Waals surface area contributed by atoms with E-state index in [0.717, 1.165) is 41.7 Å². The Morgan fingerprint density at radius 3 is 2.50 bits per heavy atom. The predicted molar refractivity (Wildman–Crippen MR) is 125 cm³/mol. The lowest BCUT2D eigenvalue weighted by molar-refractivity contribution is 0.201. The van der Waals surface area contributed by atoms with Crippen LogP contribution in [0, 0.1) is 0 Å². The molecule has 2 aromatic carbocycles. The van der Waals surface area contributed by atoms with Gasteiger partial charge < -0.3 is 9.47 Å². The van der Waals surface area contributed by atoms with Crippen molar-refractivity contribution in [2.24, 2.45) is 0 Å². The number of thiazole rings is 1. The number of nitrogens with zero attached hydrogens (tertiary/aromatic N) is 4. The lowest BCUT2D eigenvalue weighted by atomic mass is 9.87. The van der Waals surface area contributed by atoms with Crippen molar-refractivity contribution in [2.75, 3.05) is 20.8 Å². The van der Waals surface area contributed by atoms with Gasteiger partial charge in [0, 0.05) is 30.9 Å². The molecule has 0 saturated carbocycles. The van der Waals surface area contributed by atoms with Gasteiger partial charge in [-0.25, -0.2) is 15.0 Å². The maximum absolute atomic E-state index is 5.62. The zero-order valence-corrected chi connectivity index (χ0v) is 18.9. The summed E-state index contributed by atoms with van der Waals surface area (Å²) in [7, 11) is 3.37. The molecule has 0 N–H and O–H groups in total. The molecular weight excluding hydrogens is 420 g/mol. The lowest BCUT2D eigenvalue weighted by Gasteiger charge is -2.37. The third kappa shape index (κ3) is 3.97. The van der Waals surface area contributed by atoms with Gasteiger partial charge in [0.05, 0.1) is 26.0 Å². The van der Waals surface area contributed by atoms with E-state index in [2.05, 4.69) is 62.7 Å². The molecule has 4 aromatic rings. The number of aromatic nitrogens is 3. The first kappa shape index (κ1) is 20.6. The van der Waals surface area contributed by atoms with Crippen LogP contribution in [0.5, 0.6) is 11.5 Å². The van der Waals surface area contributed by atoms with Gasteiger partial charge in [-0.3, -0.25) is 4.90 Å². The van der Waals surface area contributed by atoms with Crippen LogP contribution in [0.3, 0.4) is 0 Å². The van der Waals surface area contributed by atoms with Crippen LogP contribution in [0.15, 0.2) is 66.3 Å². The van der Waals surface area contributed by atoms with E-state index < -0.39 is 0 Å². The fourth-order valence-electron chi connectivity index (χ4n) is 4.29. The Hall–Kier alpha value is -3.29. The Labute approximate surface area is 191 Å². The molecule has 1 aliphatic heterocycles. The summed E-state index contributed by atoms with van der Waals surface area (Å²) in [6.45, 7) is 1.67. The first-order valence-corrected chi connectivity index (χ1v) is 11.4. The maximum Gasteiger partial charge on any atom is 0.188 e. The number of fused-ring (bicyclic) bond motifs is 1. The molecular formula is C25H24N4O2S. The summed E-state index contributed by atoms with van der Waals surface area (Å²) < 4.78 is 11.2. The molecule has 0 spiro atoms. The molecule has 1 aliphatic rings. The topological polar surface area (TPSA) is 60.4 Å². The summed E-state index contributed by atoms with van der Waals surface area (Å²) in [6, 6.07) is 16.8. The molecule has 0 saturated heterocycles. The normalized spacial score (nSPS) is 15.9. The Balaban J connectivity index is 1.51. The molecule has 6 nitrogen and oxygen atoms in total. The van der Waals surface area contributed by atoms with E-state index in [1.807, 2.05) is 6.07 Å². The van der Waals surface area contributed by atoms with Gasteiger partial charge in [-0.05, 0) is 41.3 Å². The van der Waals surface area contributed by atoms with E-state index >= 15 is 0 Å². The average molecular weight is 445 g/mol. The second-order valence-corrected chi connectivity index (χ2v) is 8.51. The Kier molecular flexibility index (Phi) is 5.83.